The lowest BCUT2D eigenvalue weighted by Crippen LogP contribution is -1.99. The van der Waals surface area contributed by atoms with Gasteiger partial charge in [0.15, 0.2) is 0 Å². The zero-order chi connectivity index (χ0) is 13.0. The Labute approximate surface area is 106 Å². The van der Waals surface area contributed by atoms with E-state index in [4.69, 9.17) is 4.74 Å². The van der Waals surface area contributed by atoms with Crippen molar-refractivity contribution in [3.05, 3.63) is 47.7 Å². The van der Waals surface area contributed by atoms with Crippen LogP contribution in [0.4, 0.5) is 0 Å². The number of aromatic nitrogens is 1. The minimum atomic E-state index is -0.342. The van der Waals surface area contributed by atoms with Gasteiger partial charge in [-0.25, -0.2) is 9.78 Å². The molecule has 0 spiro atoms. The quantitative estimate of drug-likeness (QED) is 0.612. The molecule has 1 aromatic carbocycles. The largest absolute Gasteiger partial charge is 0.463 e. The molecule has 0 radical (unpaired) electrons. The third-order valence-corrected chi connectivity index (χ3v) is 2.62. The first-order valence-electron chi connectivity index (χ1n) is 5.92. The fourth-order valence-electron chi connectivity index (χ4n) is 1.80. The summed E-state index contributed by atoms with van der Waals surface area (Å²) >= 11 is 0. The van der Waals surface area contributed by atoms with Crippen LogP contribution in [0.5, 0.6) is 0 Å². The molecule has 1 heterocycles. The Morgan fingerprint density at radius 2 is 2.17 bits per heavy atom. The first-order chi connectivity index (χ1) is 8.70. The molecule has 0 aliphatic heterocycles. The fraction of sp³-hybridized carbons (Fsp3) is 0.200. The maximum Gasteiger partial charge on any atom is 0.330 e. The highest BCUT2D eigenvalue weighted by Gasteiger charge is 2.00. The summed E-state index contributed by atoms with van der Waals surface area (Å²) in [6, 6.07) is 9.90. The lowest BCUT2D eigenvalue weighted by molar-refractivity contribution is -0.137. The number of para-hydroxylation sites is 1. The Kier molecular flexibility index (Phi) is 3.72. The molecule has 0 saturated heterocycles. The number of benzene rings is 1. The average molecular weight is 241 g/mol. The van der Waals surface area contributed by atoms with Crippen LogP contribution in [0.3, 0.4) is 0 Å². The van der Waals surface area contributed by atoms with Gasteiger partial charge in [0.2, 0.25) is 0 Å². The Morgan fingerprint density at radius 1 is 1.39 bits per heavy atom. The van der Waals surface area contributed by atoms with Crippen molar-refractivity contribution in [1.29, 1.82) is 0 Å². The number of pyridine rings is 1. The summed E-state index contributed by atoms with van der Waals surface area (Å²) in [5, 5.41) is 1.13. The molecule has 0 aliphatic carbocycles. The highest BCUT2D eigenvalue weighted by Crippen LogP contribution is 2.17. The van der Waals surface area contributed by atoms with Crippen molar-refractivity contribution >= 4 is 22.9 Å². The van der Waals surface area contributed by atoms with Crippen molar-refractivity contribution in [3.8, 4) is 0 Å². The van der Waals surface area contributed by atoms with Crippen LogP contribution < -0.4 is 0 Å². The van der Waals surface area contributed by atoms with E-state index in [-0.39, 0.29) is 5.97 Å². The van der Waals surface area contributed by atoms with Gasteiger partial charge in [-0.15, -0.1) is 0 Å². The zero-order valence-electron chi connectivity index (χ0n) is 10.5. The van der Waals surface area contributed by atoms with Gasteiger partial charge in [0, 0.05) is 11.5 Å². The standard InChI is InChI=1S/C15H15NO2/c1-3-18-15(17)9-8-12-10-11(2)13-6-4-5-7-14(13)16-12/h4-10H,3H2,1-2H3/b9-8+. The van der Waals surface area contributed by atoms with Crippen LogP contribution in [-0.2, 0) is 9.53 Å². The summed E-state index contributed by atoms with van der Waals surface area (Å²) < 4.78 is 4.83. The molecule has 1 aromatic heterocycles. The second kappa shape index (κ2) is 5.45. The Hall–Kier alpha value is -2.16. The van der Waals surface area contributed by atoms with Gasteiger partial charge >= 0.3 is 5.97 Å². The Morgan fingerprint density at radius 3 is 2.94 bits per heavy atom. The smallest absolute Gasteiger partial charge is 0.330 e. The van der Waals surface area contributed by atoms with E-state index in [1.165, 1.54) is 6.08 Å². The van der Waals surface area contributed by atoms with Crippen molar-refractivity contribution < 1.29 is 9.53 Å². The molecule has 92 valence electrons. The van der Waals surface area contributed by atoms with Crippen molar-refractivity contribution in [3.63, 3.8) is 0 Å². The predicted octanol–water partition coefficient (Wildman–Crippen LogP) is 3.12. The number of carbonyl (C=O) groups is 1. The van der Waals surface area contributed by atoms with Gasteiger partial charge < -0.3 is 4.74 Å². The molecular formula is C15H15NO2. The number of hydrogen-bond acceptors (Lipinski definition) is 3. The van der Waals surface area contributed by atoms with Crippen LogP contribution in [0.15, 0.2) is 36.4 Å². The molecule has 2 rings (SSSR count). The zero-order valence-corrected chi connectivity index (χ0v) is 10.5. The first-order valence-corrected chi connectivity index (χ1v) is 5.92. The van der Waals surface area contributed by atoms with Crippen molar-refractivity contribution in [1.82, 2.24) is 4.98 Å². The van der Waals surface area contributed by atoms with Gasteiger partial charge in [-0.3, -0.25) is 0 Å². The summed E-state index contributed by atoms with van der Waals surface area (Å²) in [6.45, 7) is 4.20. The third kappa shape index (κ3) is 2.74. The van der Waals surface area contributed by atoms with E-state index < -0.39 is 0 Å². The number of fused-ring (bicyclic) bond motifs is 1. The van der Waals surface area contributed by atoms with Gasteiger partial charge in [0.05, 0.1) is 17.8 Å². The van der Waals surface area contributed by atoms with Crippen molar-refractivity contribution in [2.45, 2.75) is 13.8 Å². The molecule has 18 heavy (non-hydrogen) atoms. The molecule has 0 amide bonds. The molecule has 3 nitrogen and oxygen atoms in total. The topological polar surface area (TPSA) is 39.2 Å². The number of ether oxygens (including phenoxy) is 1. The van der Waals surface area contributed by atoms with Gasteiger partial charge in [0.25, 0.3) is 0 Å². The molecular weight excluding hydrogens is 226 g/mol. The normalized spacial score (nSPS) is 11.0. The monoisotopic (exact) mass is 241 g/mol. The predicted molar refractivity (Wildman–Crippen MR) is 72.1 cm³/mol. The molecule has 2 aromatic rings. The van der Waals surface area contributed by atoms with E-state index >= 15 is 0 Å². The number of esters is 1. The van der Waals surface area contributed by atoms with Gasteiger partial charge in [-0.2, -0.15) is 0 Å². The lowest BCUT2D eigenvalue weighted by Gasteiger charge is -2.03. The number of nitrogens with zero attached hydrogens (tertiary/aromatic N) is 1. The van der Waals surface area contributed by atoms with Crippen LogP contribution in [0.25, 0.3) is 17.0 Å². The summed E-state index contributed by atoms with van der Waals surface area (Å²) in [7, 11) is 0. The van der Waals surface area contributed by atoms with E-state index in [0.717, 1.165) is 22.2 Å². The number of carbonyl (C=O) groups excluding carboxylic acids is 1. The van der Waals surface area contributed by atoms with Crippen LogP contribution in [0.1, 0.15) is 18.2 Å². The average Bonchev–Trinajstić information content (AvgIpc) is 2.37. The van der Waals surface area contributed by atoms with Gasteiger partial charge in [-0.1, -0.05) is 18.2 Å². The van der Waals surface area contributed by atoms with E-state index in [2.05, 4.69) is 4.98 Å². The maximum absolute atomic E-state index is 11.2. The minimum absolute atomic E-state index is 0.342. The van der Waals surface area contributed by atoms with Crippen molar-refractivity contribution in [2.24, 2.45) is 0 Å². The highest BCUT2D eigenvalue weighted by molar-refractivity contribution is 5.88. The van der Waals surface area contributed by atoms with Gasteiger partial charge in [-0.05, 0) is 37.6 Å². The summed E-state index contributed by atoms with van der Waals surface area (Å²) in [5.41, 5.74) is 2.84. The number of hydrogen-bond donors (Lipinski definition) is 0. The fourth-order valence-corrected chi connectivity index (χ4v) is 1.80. The van der Waals surface area contributed by atoms with Gasteiger partial charge in [0.1, 0.15) is 0 Å². The lowest BCUT2D eigenvalue weighted by atomic mass is 10.1. The Bertz CT molecular complexity index is 602. The van der Waals surface area contributed by atoms with Crippen LogP contribution in [-0.4, -0.2) is 17.6 Å². The highest BCUT2D eigenvalue weighted by atomic mass is 16.5. The summed E-state index contributed by atoms with van der Waals surface area (Å²) in [5.74, 6) is -0.342. The van der Waals surface area contributed by atoms with Crippen molar-refractivity contribution in [2.75, 3.05) is 6.61 Å². The van der Waals surface area contributed by atoms with Crippen LogP contribution >= 0.6 is 0 Å². The second-order valence-electron chi connectivity index (χ2n) is 3.97. The van der Waals surface area contributed by atoms with E-state index in [0.29, 0.717) is 6.61 Å². The molecule has 0 atom stereocenters. The maximum atomic E-state index is 11.2. The van der Waals surface area contributed by atoms with Crippen LogP contribution in [0, 0.1) is 6.92 Å². The molecule has 0 aliphatic rings. The van der Waals surface area contributed by atoms with E-state index in [9.17, 15) is 4.79 Å². The molecule has 0 bridgehead atoms. The molecule has 0 N–H and O–H groups in total. The Balaban J connectivity index is 2.32. The molecule has 0 saturated carbocycles. The summed E-state index contributed by atoms with van der Waals surface area (Å²) in [4.78, 5) is 15.7. The first kappa shape index (κ1) is 12.3. The summed E-state index contributed by atoms with van der Waals surface area (Å²) in [6.07, 6.45) is 3.08. The molecule has 0 fully saturated rings. The second-order valence-corrected chi connectivity index (χ2v) is 3.97. The third-order valence-electron chi connectivity index (χ3n) is 2.62. The van der Waals surface area contributed by atoms with Crippen LogP contribution in [0.2, 0.25) is 0 Å². The van der Waals surface area contributed by atoms with E-state index in [1.54, 1.807) is 13.0 Å². The number of aryl methyl sites for hydroxylation is 1. The SMILES string of the molecule is CCOC(=O)/C=C/c1cc(C)c2ccccc2n1. The number of rotatable bonds is 3. The molecule has 0 unspecified atom stereocenters. The van der Waals surface area contributed by atoms with E-state index in [1.807, 2.05) is 37.3 Å². The minimum Gasteiger partial charge on any atom is -0.463 e. The molecule has 3 heteroatoms.